The summed E-state index contributed by atoms with van der Waals surface area (Å²) in [5.41, 5.74) is 0. The Balaban J connectivity index is 2.29. The number of carboxylic acids is 1. The molecule has 0 spiro atoms. The quantitative estimate of drug-likeness (QED) is 0.746. The van der Waals surface area contributed by atoms with E-state index in [1.165, 1.54) is 4.90 Å². The molecular weight excluding hydrogens is 272 g/mol. The van der Waals surface area contributed by atoms with Crippen LogP contribution in [0.4, 0.5) is 4.79 Å². The summed E-state index contributed by atoms with van der Waals surface area (Å²) in [7, 11) is -2.99. The Kier molecular flexibility index (Phi) is 5.59. The molecule has 2 N–H and O–H groups in total. The molecular formula is C11H20N2O5S. The zero-order valence-corrected chi connectivity index (χ0v) is 11.8. The second-order valence-electron chi connectivity index (χ2n) is 4.78. The average Bonchev–Trinajstić information content (AvgIpc) is 2.27. The van der Waals surface area contributed by atoms with Gasteiger partial charge < -0.3 is 15.3 Å². The minimum Gasteiger partial charge on any atom is -0.481 e. The zero-order chi connectivity index (χ0) is 14.5. The minimum atomic E-state index is -2.99. The molecule has 1 unspecified atom stereocenters. The van der Waals surface area contributed by atoms with Gasteiger partial charge in [0.2, 0.25) is 0 Å². The molecule has 0 aromatic carbocycles. The Morgan fingerprint density at radius 1 is 1.32 bits per heavy atom. The van der Waals surface area contributed by atoms with Crippen LogP contribution in [0.3, 0.4) is 0 Å². The Labute approximate surface area is 112 Å². The molecule has 0 aromatic heterocycles. The summed E-state index contributed by atoms with van der Waals surface area (Å²) in [5.74, 6) is -0.832. The van der Waals surface area contributed by atoms with E-state index in [1.807, 2.05) is 0 Å². The third-order valence-corrected chi connectivity index (χ3v) is 4.64. The third kappa shape index (κ3) is 5.91. The van der Waals surface area contributed by atoms with Crippen LogP contribution in [0, 0.1) is 0 Å². The van der Waals surface area contributed by atoms with Crippen molar-refractivity contribution >= 4 is 21.8 Å². The van der Waals surface area contributed by atoms with E-state index in [1.54, 1.807) is 6.92 Å². The Bertz CT molecular complexity index is 420. The number of nitrogens with zero attached hydrogens (tertiary/aromatic N) is 1. The van der Waals surface area contributed by atoms with Crippen LogP contribution in [0.15, 0.2) is 0 Å². The number of rotatable bonds is 5. The van der Waals surface area contributed by atoms with Crippen molar-refractivity contribution in [2.24, 2.45) is 0 Å². The molecule has 0 aliphatic carbocycles. The largest absolute Gasteiger partial charge is 0.481 e. The smallest absolute Gasteiger partial charge is 0.317 e. The molecule has 1 atom stereocenters. The van der Waals surface area contributed by atoms with E-state index in [0.29, 0.717) is 12.8 Å². The molecule has 19 heavy (non-hydrogen) atoms. The second-order valence-corrected chi connectivity index (χ2v) is 7.08. The van der Waals surface area contributed by atoms with Gasteiger partial charge >= 0.3 is 12.0 Å². The van der Waals surface area contributed by atoms with Gasteiger partial charge in [-0.05, 0) is 19.8 Å². The zero-order valence-electron chi connectivity index (χ0n) is 11.0. The molecule has 1 fully saturated rings. The topological polar surface area (TPSA) is 104 Å². The van der Waals surface area contributed by atoms with Crippen LogP contribution in [-0.2, 0) is 14.6 Å². The lowest BCUT2D eigenvalue weighted by Crippen LogP contribution is -2.50. The number of sulfone groups is 1. The number of carbonyl (C=O) groups is 2. The van der Waals surface area contributed by atoms with Crippen molar-refractivity contribution in [2.45, 2.75) is 32.2 Å². The van der Waals surface area contributed by atoms with Gasteiger partial charge in [0.1, 0.15) is 0 Å². The van der Waals surface area contributed by atoms with Crippen LogP contribution in [0.25, 0.3) is 0 Å². The van der Waals surface area contributed by atoms with Crippen LogP contribution in [0.5, 0.6) is 0 Å². The standard InChI is InChI=1S/C11H20N2O5S/c1-9(3-2-4-10(14)15)12-11(16)13-5-7-19(17,18)8-6-13/h9H,2-8H2,1H3,(H,12,16)(H,14,15). The van der Waals surface area contributed by atoms with E-state index in [4.69, 9.17) is 5.11 Å². The monoisotopic (exact) mass is 292 g/mol. The van der Waals surface area contributed by atoms with E-state index in [-0.39, 0.29) is 43.1 Å². The summed E-state index contributed by atoms with van der Waals surface area (Å²) in [5, 5.41) is 11.3. The van der Waals surface area contributed by atoms with Crippen molar-refractivity contribution in [3.63, 3.8) is 0 Å². The van der Waals surface area contributed by atoms with Crippen molar-refractivity contribution in [1.82, 2.24) is 10.2 Å². The number of nitrogens with one attached hydrogen (secondary N) is 1. The third-order valence-electron chi connectivity index (χ3n) is 3.03. The molecule has 1 saturated heterocycles. The molecule has 0 saturated carbocycles. The highest BCUT2D eigenvalue weighted by molar-refractivity contribution is 7.91. The summed E-state index contributed by atoms with van der Waals surface area (Å²) < 4.78 is 22.5. The van der Waals surface area contributed by atoms with Crippen LogP contribution in [0.1, 0.15) is 26.2 Å². The van der Waals surface area contributed by atoms with Gasteiger partial charge in [-0.25, -0.2) is 13.2 Å². The maximum absolute atomic E-state index is 11.8. The van der Waals surface area contributed by atoms with Gasteiger partial charge in [-0.2, -0.15) is 0 Å². The van der Waals surface area contributed by atoms with Gasteiger partial charge in [0.05, 0.1) is 11.5 Å². The fourth-order valence-corrected chi connectivity index (χ4v) is 3.05. The highest BCUT2D eigenvalue weighted by Crippen LogP contribution is 2.06. The van der Waals surface area contributed by atoms with E-state index < -0.39 is 15.8 Å². The first-order valence-corrected chi connectivity index (χ1v) is 8.10. The molecule has 1 aliphatic heterocycles. The number of hydrogen-bond acceptors (Lipinski definition) is 4. The summed E-state index contributed by atoms with van der Waals surface area (Å²) >= 11 is 0. The highest BCUT2D eigenvalue weighted by Gasteiger charge is 2.25. The first-order valence-electron chi connectivity index (χ1n) is 6.28. The highest BCUT2D eigenvalue weighted by atomic mass is 32.2. The number of aliphatic carboxylic acids is 1. The predicted octanol–water partition coefficient (Wildman–Crippen LogP) is 0.0698. The molecule has 0 radical (unpaired) electrons. The van der Waals surface area contributed by atoms with Gasteiger partial charge in [0, 0.05) is 25.6 Å². The molecule has 0 aromatic rings. The number of hydrogen-bond donors (Lipinski definition) is 2. The molecule has 8 heteroatoms. The van der Waals surface area contributed by atoms with Crippen LogP contribution in [0.2, 0.25) is 0 Å². The summed E-state index contributed by atoms with van der Waals surface area (Å²) in [6, 6.07) is -0.400. The minimum absolute atomic E-state index is 0.00775. The Morgan fingerprint density at radius 3 is 2.42 bits per heavy atom. The molecule has 2 amide bonds. The van der Waals surface area contributed by atoms with E-state index in [0.717, 1.165) is 0 Å². The SMILES string of the molecule is CC(CCCC(=O)O)NC(=O)N1CCS(=O)(=O)CC1. The maximum Gasteiger partial charge on any atom is 0.317 e. The molecule has 7 nitrogen and oxygen atoms in total. The maximum atomic E-state index is 11.8. The van der Waals surface area contributed by atoms with Crippen LogP contribution in [-0.4, -0.2) is 61.1 Å². The Hall–Kier alpha value is -1.31. The molecule has 1 rings (SSSR count). The van der Waals surface area contributed by atoms with Gasteiger partial charge in [-0.3, -0.25) is 4.79 Å². The first-order chi connectivity index (χ1) is 8.80. The van der Waals surface area contributed by atoms with Gasteiger partial charge in [-0.1, -0.05) is 0 Å². The molecule has 1 aliphatic rings. The van der Waals surface area contributed by atoms with Crippen LogP contribution >= 0.6 is 0 Å². The van der Waals surface area contributed by atoms with Crippen molar-refractivity contribution < 1.29 is 23.1 Å². The lowest BCUT2D eigenvalue weighted by molar-refractivity contribution is -0.137. The van der Waals surface area contributed by atoms with Gasteiger partial charge in [0.15, 0.2) is 9.84 Å². The van der Waals surface area contributed by atoms with Crippen LogP contribution < -0.4 is 5.32 Å². The van der Waals surface area contributed by atoms with E-state index in [2.05, 4.69) is 5.32 Å². The second kappa shape index (κ2) is 6.74. The van der Waals surface area contributed by atoms with Gasteiger partial charge in [-0.15, -0.1) is 0 Å². The first kappa shape index (κ1) is 15.7. The molecule has 110 valence electrons. The molecule has 0 bridgehead atoms. The normalized spacial score (nSPS) is 19.7. The number of carbonyl (C=O) groups excluding carboxylic acids is 1. The van der Waals surface area contributed by atoms with Crippen molar-refractivity contribution in [2.75, 3.05) is 24.6 Å². The lowest BCUT2D eigenvalue weighted by atomic mass is 10.1. The summed E-state index contributed by atoms with van der Waals surface area (Å²) in [6.45, 7) is 2.24. The van der Waals surface area contributed by atoms with Crippen molar-refractivity contribution in [1.29, 1.82) is 0 Å². The fourth-order valence-electron chi connectivity index (χ4n) is 1.85. The van der Waals surface area contributed by atoms with Crippen molar-refractivity contribution in [3.8, 4) is 0 Å². The predicted molar refractivity (Wildman–Crippen MR) is 69.7 cm³/mol. The average molecular weight is 292 g/mol. The van der Waals surface area contributed by atoms with E-state index >= 15 is 0 Å². The summed E-state index contributed by atoms with van der Waals surface area (Å²) in [4.78, 5) is 23.7. The Morgan fingerprint density at radius 2 is 1.89 bits per heavy atom. The number of amides is 2. The summed E-state index contributed by atoms with van der Waals surface area (Å²) in [6.07, 6.45) is 1.18. The lowest BCUT2D eigenvalue weighted by Gasteiger charge is -2.28. The number of carboxylic acid groups (broad SMARTS) is 1. The molecule has 1 heterocycles. The van der Waals surface area contributed by atoms with Gasteiger partial charge in [0.25, 0.3) is 0 Å². The fraction of sp³-hybridized carbons (Fsp3) is 0.818. The van der Waals surface area contributed by atoms with Crippen molar-refractivity contribution in [3.05, 3.63) is 0 Å². The number of urea groups is 1. The van der Waals surface area contributed by atoms with E-state index in [9.17, 15) is 18.0 Å².